The fourth-order valence-electron chi connectivity index (χ4n) is 3.45. The molecule has 3 aromatic carbocycles. The zero-order valence-electron chi connectivity index (χ0n) is 18.6. The molecular formula is C25H21ClN2O5S2. The minimum Gasteiger partial charge on any atom is -0.465 e. The third-order valence-corrected chi connectivity index (χ3v) is 8.31. The average molecular weight is 529 g/mol. The van der Waals surface area contributed by atoms with Crippen molar-refractivity contribution in [3.63, 3.8) is 0 Å². The van der Waals surface area contributed by atoms with Crippen molar-refractivity contribution in [2.75, 3.05) is 19.0 Å². The SMILES string of the molecule is COC(=O)c1cc2cc(NC(=O)CN(Cc3ccccc3)S(=O)(=O)c3ccc(Cl)cc3)ccc2s1. The van der Waals surface area contributed by atoms with Gasteiger partial charge in [0.05, 0.1) is 18.6 Å². The number of thiophene rings is 1. The molecule has 4 aromatic rings. The number of fused-ring (bicyclic) bond motifs is 1. The van der Waals surface area contributed by atoms with Crippen molar-refractivity contribution in [3.8, 4) is 0 Å². The van der Waals surface area contributed by atoms with Crippen LogP contribution < -0.4 is 5.32 Å². The van der Waals surface area contributed by atoms with Crippen LogP contribution >= 0.6 is 22.9 Å². The molecule has 0 unspecified atom stereocenters. The Balaban J connectivity index is 1.57. The van der Waals surface area contributed by atoms with Gasteiger partial charge in [-0.2, -0.15) is 4.31 Å². The first-order chi connectivity index (χ1) is 16.8. The number of nitrogens with zero attached hydrogens (tertiary/aromatic N) is 1. The molecular weight excluding hydrogens is 508 g/mol. The predicted octanol–water partition coefficient (Wildman–Crippen LogP) is 5.17. The summed E-state index contributed by atoms with van der Waals surface area (Å²) in [5.74, 6) is -0.929. The Morgan fingerprint density at radius 1 is 1.00 bits per heavy atom. The molecule has 0 spiro atoms. The third-order valence-electron chi connectivity index (χ3n) is 5.16. The summed E-state index contributed by atoms with van der Waals surface area (Å²) in [4.78, 5) is 25.2. The highest BCUT2D eigenvalue weighted by Gasteiger charge is 2.27. The molecule has 0 saturated heterocycles. The van der Waals surface area contributed by atoms with Crippen LogP contribution in [0.3, 0.4) is 0 Å². The highest BCUT2D eigenvalue weighted by molar-refractivity contribution is 7.89. The van der Waals surface area contributed by atoms with Crippen molar-refractivity contribution >= 4 is 60.6 Å². The van der Waals surface area contributed by atoms with Gasteiger partial charge in [0, 0.05) is 22.0 Å². The van der Waals surface area contributed by atoms with Crippen LogP contribution in [0.5, 0.6) is 0 Å². The summed E-state index contributed by atoms with van der Waals surface area (Å²) in [6, 6.07) is 21.8. The predicted molar refractivity (Wildman–Crippen MR) is 137 cm³/mol. The van der Waals surface area contributed by atoms with Crippen LogP contribution in [0.15, 0.2) is 83.8 Å². The molecule has 4 rings (SSSR count). The number of carbonyl (C=O) groups excluding carboxylic acids is 2. The molecule has 10 heteroatoms. The van der Waals surface area contributed by atoms with Gasteiger partial charge < -0.3 is 10.1 Å². The summed E-state index contributed by atoms with van der Waals surface area (Å²) in [7, 11) is -2.67. The van der Waals surface area contributed by atoms with E-state index in [-0.39, 0.29) is 11.4 Å². The third kappa shape index (κ3) is 5.88. The monoisotopic (exact) mass is 528 g/mol. The topological polar surface area (TPSA) is 92.8 Å². The van der Waals surface area contributed by atoms with E-state index in [1.807, 2.05) is 6.07 Å². The van der Waals surface area contributed by atoms with Crippen molar-refractivity contribution in [2.24, 2.45) is 0 Å². The van der Waals surface area contributed by atoms with Gasteiger partial charge in [-0.05, 0) is 59.5 Å². The number of benzene rings is 3. The van der Waals surface area contributed by atoms with Crippen LogP contribution in [0, 0.1) is 0 Å². The second kappa shape index (κ2) is 10.6. The maximum atomic E-state index is 13.4. The van der Waals surface area contributed by atoms with Crippen molar-refractivity contribution in [3.05, 3.63) is 94.3 Å². The minimum absolute atomic E-state index is 0.0191. The van der Waals surface area contributed by atoms with Crippen LogP contribution in [-0.2, 0) is 26.1 Å². The van der Waals surface area contributed by atoms with E-state index in [1.54, 1.807) is 48.5 Å². The molecule has 1 heterocycles. The Bertz CT molecular complexity index is 1470. The van der Waals surface area contributed by atoms with Gasteiger partial charge in [0.1, 0.15) is 4.88 Å². The lowest BCUT2D eigenvalue weighted by molar-refractivity contribution is -0.116. The van der Waals surface area contributed by atoms with Gasteiger partial charge in [-0.1, -0.05) is 41.9 Å². The Labute approximate surface area is 212 Å². The zero-order valence-corrected chi connectivity index (χ0v) is 21.0. The van der Waals surface area contributed by atoms with Crippen LogP contribution in [0.2, 0.25) is 5.02 Å². The Morgan fingerprint density at radius 3 is 2.40 bits per heavy atom. The minimum atomic E-state index is -3.98. The second-order valence-corrected chi connectivity index (χ2v) is 11.1. The number of hydrogen-bond donors (Lipinski definition) is 1. The molecule has 35 heavy (non-hydrogen) atoms. The highest BCUT2D eigenvalue weighted by Crippen LogP contribution is 2.29. The van der Waals surface area contributed by atoms with Crippen molar-refractivity contribution in [1.29, 1.82) is 0 Å². The fourth-order valence-corrected chi connectivity index (χ4v) is 5.92. The standard InChI is InChI=1S/C25H21ClN2O5S2/c1-33-25(30)23-14-18-13-20(9-12-22(18)34-23)27-24(29)16-28(15-17-5-3-2-4-6-17)35(31,32)21-10-7-19(26)8-11-21/h2-14H,15-16H2,1H3,(H,27,29). The number of anilines is 1. The molecule has 0 fully saturated rings. The van der Waals surface area contributed by atoms with Gasteiger partial charge in [0.2, 0.25) is 15.9 Å². The molecule has 1 aromatic heterocycles. The number of carbonyl (C=O) groups is 2. The average Bonchev–Trinajstić information content (AvgIpc) is 3.27. The molecule has 7 nitrogen and oxygen atoms in total. The van der Waals surface area contributed by atoms with Gasteiger partial charge in [0.15, 0.2) is 0 Å². The number of hydrogen-bond acceptors (Lipinski definition) is 6. The molecule has 180 valence electrons. The van der Waals surface area contributed by atoms with Crippen LogP contribution in [0.25, 0.3) is 10.1 Å². The van der Waals surface area contributed by atoms with Gasteiger partial charge in [0.25, 0.3) is 0 Å². The fraction of sp³-hybridized carbons (Fsp3) is 0.120. The summed E-state index contributed by atoms with van der Waals surface area (Å²) in [5, 5.41) is 3.94. The molecule has 0 saturated carbocycles. The number of halogens is 1. The van der Waals surface area contributed by atoms with E-state index in [0.29, 0.717) is 15.6 Å². The molecule has 0 aliphatic rings. The zero-order chi connectivity index (χ0) is 25.0. The lowest BCUT2D eigenvalue weighted by Gasteiger charge is -2.22. The van der Waals surface area contributed by atoms with E-state index in [4.69, 9.17) is 16.3 Å². The normalized spacial score (nSPS) is 11.5. The van der Waals surface area contributed by atoms with Crippen molar-refractivity contribution < 1.29 is 22.7 Å². The molecule has 1 N–H and O–H groups in total. The molecule has 0 bridgehead atoms. The first-order valence-electron chi connectivity index (χ1n) is 10.5. The number of amides is 1. The van der Waals surface area contributed by atoms with Crippen molar-refractivity contribution in [1.82, 2.24) is 4.31 Å². The summed E-state index contributed by atoms with van der Waals surface area (Å²) in [6.45, 7) is -0.375. The van der Waals surface area contributed by atoms with E-state index in [0.717, 1.165) is 20.0 Å². The van der Waals surface area contributed by atoms with Crippen LogP contribution in [-0.4, -0.2) is 38.3 Å². The van der Waals surface area contributed by atoms with Crippen molar-refractivity contribution in [2.45, 2.75) is 11.4 Å². The quantitative estimate of drug-likeness (QED) is 0.318. The summed E-state index contributed by atoms with van der Waals surface area (Å²) in [6.07, 6.45) is 0. The lowest BCUT2D eigenvalue weighted by Crippen LogP contribution is -2.37. The summed E-state index contributed by atoms with van der Waals surface area (Å²) < 4.78 is 33.5. The van der Waals surface area contributed by atoms with Gasteiger partial charge in [-0.3, -0.25) is 4.79 Å². The van der Waals surface area contributed by atoms with E-state index >= 15 is 0 Å². The van der Waals surface area contributed by atoms with E-state index in [1.165, 1.54) is 42.7 Å². The largest absolute Gasteiger partial charge is 0.465 e. The maximum absolute atomic E-state index is 13.4. The summed E-state index contributed by atoms with van der Waals surface area (Å²) >= 11 is 7.20. The number of ether oxygens (including phenoxy) is 1. The van der Waals surface area contributed by atoms with Crippen LogP contribution in [0.1, 0.15) is 15.2 Å². The molecule has 0 aliphatic carbocycles. The van der Waals surface area contributed by atoms with E-state index < -0.39 is 28.4 Å². The molecule has 0 atom stereocenters. The Hall–Kier alpha value is -3.24. The van der Waals surface area contributed by atoms with Crippen LogP contribution in [0.4, 0.5) is 5.69 Å². The Kier molecular flexibility index (Phi) is 7.51. The highest BCUT2D eigenvalue weighted by atomic mass is 35.5. The second-order valence-electron chi connectivity index (χ2n) is 7.62. The number of nitrogens with one attached hydrogen (secondary N) is 1. The molecule has 1 amide bonds. The number of rotatable bonds is 8. The molecule has 0 radical (unpaired) electrons. The van der Waals surface area contributed by atoms with E-state index in [2.05, 4.69) is 5.32 Å². The maximum Gasteiger partial charge on any atom is 0.348 e. The van der Waals surface area contributed by atoms with Gasteiger partial charge in [-0.15, -0.1) is 11.3 Å². The first kappa shape index (κ1) is 24.9. The smallest absolute Gasteiger partial charge is 0.348 e. The van der Waals surface area contributed by atoms with Gasteiger partial charge >= 0.3 is 5.97 Å². The Morgan fingerprint density at radius 2 is 1.71 bits per heavy atom. The first-order valence-corrected chi connectivity index (χ1v) is 13.1. The van der Waals surface area contributed by atoms with Gasteiger partial charge in [-0.25, -0.2) is 13.2 Å². The number of esters is 1. The lowest BCUT2D eigenvalue weighted by atomic mass is 10.2. The summed E-state index contributed by atoms with van der Waals surface area (Å²) in [5.41, 5.74) is 1.23. The number of methoxy groups -OCH3 is 1. The molecule has 0 aliphatic heterocycles. The number of sulfonamides is 1. The van der Waals surface area contributed by atoms with E-state index in [9.17, 15) is 18.0 Å².